The number of hydrogen-bond acceptors (Lipinski definition) is 4. The fourth-order valence-corrected chi connectivity index (χ4v) is 5.48. The SMILES string of the molecule is O=C1CCSc2cc(-c3cc(Br)cs3)sc21. The summed E-state index contributed by atoms with van der Waals surface area (Å²) in [4.78, 5) is 16.3. The van der Waals surface area contributed by atoms with Gasteiger partial charge >= 0.3 is 0 Å². The van der Waals surface area contributed by atoms with Gasteiger partial charge in [0, 0.05) is 36.7 Å². The van der Waals surface area contributed by atoms with Gasteiger partial charge in [0.15, 0.2) is 5.78 Å². The third-order valence-corrected chi connectivity index (χ3v) is 6.58. The minimum atomic E-state index is 0.306. The topological polar surface area (TPSA) is 17.1 Å². The molecule has 0 radical (unpaired) electrons. The lowest BCUT2D eigenvalue weighted by Crippen LogP contribution is -2.03. The highest BCUT2D eigenvalue weighted by Gasteiger charge is 2.21. The second-order valence-electron chi connectivity index (χ2n) is 3.45. The van der Waals surface area contributed by atoms with E-state index in [0.29, 0.717) is 12.2 Å². The predicted molar refractivity (Wildman–Crippen MR) is 75.0 cm³/mol. The van der Waals surface area contributed by atoms with Crippen LogP contribution in [0.5, 0.6) is 0 Å². The monoisotopic (exact) mass is 330 g/mol. The molecule has 0 bridgehead atoms. The maximum absolute atomic E-state index is 11.7. The van der Waals surface area contributed by atoms with Gasteiger partial charge in [-0.05, 0) is 28.1 Å². The van der Waals surface area contributed by atoms with E-state index in [-0.39, 0.29) is 0 Å². The van der Waals surface area contributed by atoms with Crippen molar-refractivity contribution in [3.05, 3.63) is 26.9 Å². The van der Waals surface area contributed by atoms with E-state index in [9.17, 15) is 4.79 Å². The van der Waals surface area contributed by atoms with Gasteiger partial charge in [-0.2, -0.15) is 0 Å². The van der Waals surface area contributed by atoms with Crippen LogP contribution in [0, 0.1) is 0 Å². The summed E-state index contributed by atoms with van der Waals surface area (Å²) in [5.41, 5.74) is 0. The van der Waals surface area contributed by atoms with Crippen molar-refractivity contribution < 1.29 is 4.79 Å². The molecule has 0 aromatic carbocycles. The van der Waals surface area contributed by atoms with Gasteiger partial charge in [0.2, 0.25) is 0 Å². The maximum Gasteiger partial charge on any atom is 0.174 e. The van der Waals surface area contributed by atoms with Crippen molar-refractivity contribution in [2.45, 2.75) is 11.3 Å². The lowest BCUT2D eigenvalue weighted by Gasteiger charge is -2.07. The van der Waals surface area contributed by atoms with Crippen LogP contribution >= 0.6 is 50.4 Å². The van der Waals surface area contributed by atoms with Crippen LogP contribution in [0.25, 0.3) is 9.75 Å². The zero-order valence-corrected chi connectivity index (χ0v) is 12.2. The first kappa shape index (κ1) is 11.0. The molecule has 2 aromatic heterocycles. The Kier molecular flexibility index (Phi) is 2.96. The molecular formula is C11H7BrOS3. The molecule has 0 amide bonds. The Morgan fingerprint density at radius 3 is 2.81 bits per heavy atom. The van der Waals surface area contributed by atoms with Crippen molar-refractivity contribution in [1.29, 1.82) is 0 Å². The standard InChI is InChI=1S/C11H7BrOS3/c12-6-3-8(15-5-6)9-4-10-11(16-9)7(13)1-2-14-10/h3-5H,1-2H2. The van der Waals surface area contributed by atoms with Crippen molar-refractivity contribution in [2.75, 3.05) is 5.75 Å². The lowest BCUT2D eigenvalue weighted by atomic mass is 10.2. The Hall–Kier alpha value is -0.100. The summed E-state index contributed by atoms with van der Waals surface area (Å²) in [6.45, 7) is 0. The Bertz CT molecular complexity index is 555. The summed E-state index contributed by atoms with van der Waals surface area (Å²) < 4.78 is 1.11. The molecule has 0 saturated heterocycles. The molecule has 2 aromatic rings. The fourth-order valence-electron chi connectivity index (χ4n) is 1.61. The van der Waals surface area contributed by atoms with Crippen LogP contribution in [0.2, 0.25) is 0 Å². The third-order valence-electron chi connectivity index (χ3n) is 2.35. The molecule has 16 heavy (non-hydrogen) atoms. The highest BCUT2D eigenvalue weighted by atomic mass is 79.9. The molecule has 0 unspecified atom stereocenters. The average molecular weight is 331 g/mol. The van der Waals surface area contributed by atoms with E-state index in [1.54, 1.807) is 34.4 Å². The Labute approximate surface area is 114 Å². The molecule has 0 atom stereocenters. The van der Waals surface area contributed by atoms with E-state index >= 15 is 0 Å². The van der Waals surface area contributed by atoms with Gasteiger partial charge in [-0.3, -0.25) is 4.79 Å². The highest BCUT2D eigenvalue weighted by molar-refractivity contribution is 9.10. The molecule has 0 saturated carbocycles. The number of rotatable bonds is 1. The Morgan fingerprint density at radius 2 is 2.12 bits per heavy atom. The number of hydrogen-bond donors (Lipinski definition) is 0. The van der Waals surface area contributed by atoms with Gasteiger partial charge in [0.1, 0.15) is 0 Å². The highest BCUT2D eigenvalue weighted by Crippen LogP contribution is 2.42. The van der Waals surface area contributed by atoms with Crippen LogP contribution in [-0.2, 0) is 0 Å². The smallest absolute Gasteiger partial charge is 0.174 e. The molecule has 82 valence electrons. The molecule has 0 spiro atoms. The lowest BCUT2D eigenvalue weighted by molar-refractivity contribution is 0.0989. The van der Waals surface area contributed by atoms with Crippen molar-refractivity contribution in [1.82, 2.24) is 0 Å². The number of Topliss-reactive ketones (excluding diaryl/α,β-unsaturated/α-hetero) is 1. The van der Waals surface area contributed by atoms with E-state index in [1.807, 2.05) is 0 Å². The molecule has 0 aliphatic carbocycles. The predicted octanol–water partition coefficient (Wildman–Crippen LogP) is 4.92. The molecule has 1 nitrogen and oxygen atoms in total. The van der Waals surface area contributed by atoms with Crippen molar-refractivity contribution in [3.8, 4) is 9.75 Å². The molecule has 1 aliphatic rings. The van der Waals surface area contributed by atoms with E-state index in [1.165, 1.54) is 14.6 Å². The van der Waals surface area contributed by atoms with Crippen LogP contribution in [0.3, 0.4) is 0 Å². The van der Waals surface area contributed by atoms with E-state index < -0.39 is 0 Å². The van der Waals surface area contributed by atoms with Gasteiger partial charge in [-0.25, -0.2) is 0 Å². The van der Waals surface area contributed by atoms with Crippen LogP contribution < -0.4 is 0 Å². The minimum Gasteiger partial charge on any atom is -0.293 e. The minimum absolute atomic E-state index is 0.306. The number of carbonyl (C=O) groups excluding carboxylic acids is 1. The first-order valence-corrected chi connectivity index (χ1v) is 8.26. The van der Waals surface area contributed by atoms with E-state index in [2.05, 4.69) is 33.4 Å². The molecule has 0 fully saturated rings. The number of fused-ring (bicyclic) bond motifs is 1. The third kappa shape index (κ3) is 1.90. The summed E-state index contributed by atoms with van der Waals surface area (Å²) in [5, 5.41) is 2.07. The van der Waals surface area contributed by atoms with Crippen molar-refractivity contribution >= 4 is 56.1 Å². The largest absolute Gasteiger partial charge is 0.293 e. The molecule has 3 rings (SSSR count). The number of carbonyl (C=O) groups is 1. The summed E-state index contributed by atoms with van der Waals surface area (Å²) in [7, 11) is 0. The van der Waals surface area contributed by atoms with Crippen LogP contribution in [0.4, 0.5) is 0 Å². The summed E-state index contributed by atoms with van der Waals surface area (Å²) in [6, 6.07) is 4.26. The molecular weight excluding hydrogens is 324 g/mol. The Morgan fingerprint density at radius 1 is 1.25 bits per heavy atom. The van der Waals surface area contributed by atoms with E-state index in [0.717, 1.165) is 15.1 Å². The first-order chi connectivity index (χ1) is 7.74. The van der Waals surface area contributed by atoms with Crippen LogP contribution in [0.1, 0.15) is 16.1 Å². The molecule has 1 aliphatic heterocycles. The number of thioether (sulfide) groups is 1. The molecule has 3 heterocycles. The normalized spacial score (nSPS) is 15.2. The first-order valence-electron chi connectivity index (χ1n) is 4.78. The van der Waals surface area contributed by atoms with Gasteiger partial charge in [-0.1, -0.05) is 0 Å². The second kappa shape index (κ2) is 4.29. The molecule has 0 N–H and O–H groups in total. The summed E-state index contributed by atoms with van der Waals surface area (Å²) in [5.74, 6) is 1.23. The zero-order chi connectivity index (χ0) is 11.1. The number of thiophene rings is 2. The maximum atomic E-state index is 11.7. The van der Waals surface area contributed by atoms with Gasteiger partial charge in [-0.15, -0.1) is 34.4 Å². The van der Waals surface area contributed by atoms with Gasteiger partial charge < -0.3 is 0 Å². The zero-order valence-electron chi connectivity index (χ0n) is 8.16. The molecule has 5 heteroatoms. The fraction of sp³-hybridized carbons (Fsp3) is 0.182. The van der Waals surface area contributed by atoms with Crippen molar-refractivity contribution in [3.63, 3.8) is 0 Å². The van der Waals surface area contributed by atoms with Gasteiger partial charge in [0.25, 0.3) is 0 Å². The quantitative estimate of drug-likeness (QED) is 0.738. The number of halogens is 1. The number of ketones is 1. The average Bonchev–Trinajstić information content (AvgIpc) is 2.84. The van der Waals surface area contributed by atoms with Gasteiger partial charge in [0.05, 0.1) is 4.88 Å². The van der Waals surface area contributed by atoms with Crippen LogP contribution in [0.15, 0.2) is 26.9 Å². The Balaban J connectivity index is 2.07. The van der Waals surface area contributed by atoms with Crippen LogP contribution in [-0.4, -0.2) is 11.5 Å². The summed E-state index contributed by atoms with van der Waals surface area (Å²) in [6.07, 6.45) is 0.686. The summed E-state index contributed by atoms with van der Waals surface area (Å²) >= 11 is 8.59. The van der Waals surface area contributed by atoms with E-state index in [4.69, 9.17) is 0 Å². The van der Waals surface area contributed by atoms with Crippen molar-refractivity contribution in [2.24, 2.45) is 0 Å². The second-order valence-corrected chi connectivity index (χ2v) is 7.47.